The summed E-state index contributed by atoms with van der Waals surface area (Å²) in [5.41, 5.74) is 0. The van der Waals surface area contributed by atoms with Gasteiger partial charge in [0.15, 0.2) is 0 Å². The van der Waals surface area contributed by atoms with Crippen LogP contribution < -0.4 is 5.32 Å². The van der Waals surface area contributed by atoms with Crippen molar-refractivity contribution in [1.82, 2.24) is 5.32 Å². The minimum Gasteiger partial charge on any atom is -0.311 e. The van der Waals surface area contributed by atoms with Crippen molar-refractivity contribution in [2.45, 2.75) is 91.1 Å². The summed E-state index contributed by atoms with van der Waals surface area (Å²) in [4.78, 5) is 0. The summed E-state index contributed by atoms with van der Waals surface area (Å²) in [7, 11) is 0. The van der Waals surface area contributed by atoms with E-state index in [4.69, 9.17) is 0 Å². The van der Waals surface area contributed by atoms with Crippen LogP contribution in [0.1, 0.15) is 79.1 Å². The molecule has 92 valence electrons. The van der Waals surface area contributed by atoms with Crippen LogP contribution in [0, 0.1) is 0 Å². The maximum Gasteiger partial charge on any atom is 0.00695 e. The maximum atomic E-state index is 3.84. The fraction of sp³-hybridized carbons (Fsp3) is 1.00. The topological polar surface area (TPSA) is 12.0 Å². The SMILES string of the molecule is CCCCC(CCC)NC(CC)CCC. The van der Waals surface area contributed by atoms with E-state index >= 15 is 0 Å². The highest BCUT2D eigenvalue weighted by molar-refractivity contribution is 4.73. The van der Waals surface area contributed by atoms with E-state index in [0.717, 1.165) is 12.1 Å². The second-order valence-corrected chi connectivity index (χ2v) is 4.69. The number of unbranched alkanes of at least 4 members (excludes halogenated alkanes) is 1. The summed E-state index contributed by atoms with van der Waals surface area (Å²) in [5, 5.41) is 3.84. The van der Waals surface area contributed by atoms with Crippen molar-refractivity contribution in [3.05, 3.63) is 0 Å². The molecular weight excluding hydrogens is 182 g/mol. The highest BCUT2D eigenvalue weighted by Gasteiger charge is 2.11. The third-order valence-corrected chi connectivity index (χ3v) is 3.14. The van der Waals surface area contributed by atoms with E-state index in [0.29, 0.717) is 0 Å². The molecule has 0 aromatic rings. The van der Waals surface area contributed by atoms with Crippen molar-refractivity contribution in [2.24, 2.45) is 0 Å². The van der Waals surface area contributed by atoms with E-state index in [9.17, 15) is 0 Å². The van der Waals surface area contributed by atoms with Gasteiger partial charge in [-0.05, 0) is 25.7 Å². The third-order valence-electron chi connectivity index (χ3n) is 3.14. The zero-order chi connectivity index (χ0) is 11.5. The molecule has 0 heterocycles. The predicted molar refractivity (Wildman–Crippen MR) is 70.3 cm³/mol. The van der Waals surface area contributed by atoms with E-state index in [1.54, 1.807) is 0 Å². The number of hydrogen-bond acceptors (Lipinski definition) is 1. The van der Waals surface area contributed by atoms with Crippen molar-refractivity contribution in [3.63, 3.8) is 0 Å². The van der Waals surface area contributed by atoms with Crippen molar-refractivity contribution < 1.29 is 0 Å². The van der Waals surface area contributed by atoms with Gasteiger partial charge >= 0.3 is 0 Å². The van der Waals surface area contributed by atoms with Gasteiger partial charge in [-0.15, -0.1) is 0 Å². The molecule has 1 N–H and O–H groups in total. The summed E-state index contributed by atoms with van der Waals surface area (Å²) in [6.45, 7) is 9.16. The number of hydrogen-bond donors (Lipinski definition) is 1. The van der Waals surface area contributed by atoms with Crippen molar-refractivity contribution in [1.29, 1.82) is 0 Å². The molecule has 1 heteroatoms. The molecule has 2 atom stereocenters. The third kappa shape index (κ3) is 7.84. The molecule has 0 saturated carbocycles. The summed E-state index contributed by atoms with van der Waals surface area (Å²) in [6.07, 6.45) is 10.6. The first-order chi connectivity index (χ1) is 7.28. The van der Waals surface area contributed by atoms with Crippen LogP contribution in [0.25, 0.3) is 0 Å². The Kier molecular flexibility index (Phi) is 10.4. The molecule has 0 radical (unpaired) electrons. The molecule has 0 aromatic heterocycles. The molecule has 0 aliphatic heterocycles. The van der Waals surface area contributed by atoms with Gasteiger partial charge in [0.05, 0.1) is 0 Å². The zero-order valence-electron chi connectivity index (χ0n) is 11.3. The van der Waals surface area contributed by atoms with Crippen LogP contribution >= 0.6 is 0 Å². The lowest BCUT2D eigenvalue weighted by atomic mass is 10.0. The fourth-order valence-corrected chi connectivity index (χ4v) is 2.20. The van der Waals surface area contributed by atoms with Gasteiger partial charge < -0.3 is 5.32 Å². The Balaban J connectivity index is 3.87. The second kappa shape index (κ2) is 10.5. The fourth-order valence-electron chi connectivity index (χ4n) is 2.20. The van der Waals surface area contributed by atoms with E-state index in [1.165, 1.54) is 51.4 Å². The van der Waals surface area contributed by atoms with Crippen molar-refractivity contribution in [3.8, 4) is 0 Å². The van der Waals surface area contributed by atoms with Crippen LogP contribution in [0.2, 0.25) is 0 Å². The Morgan fingerprint density at radius 3 is 1.80 bits per heavy atom. The maximum absolute atomic E-state index is 3.84. The first-order valence-electron chi connectivity index (χ1n) is 7.04. The zero-order valence-corrected chi connectivity index (χ0v) is 11.3. The van der Waals surface area contributed by atoms with Gasteiger partial charge in [0.25, 0.3) is 0 Å². The molecule has 0 aromatic carbocycles. The Morgan fingerprint density at radius 1 is 0.733 bits per heavy atom. The predicted octanol–water partition coefficient (Wildman–Crippen LogP) is 4.51. The molecule has 0 fully saturated rings. The van der Waals surface area contributed by atoms with E-state index < -0.39 is 0 Å². The molecular formula is C14H31N. The standard InChI is InChI=1S/C14H31N/c1-5-9-12-14(11-7-3)15-13(8-4)10-6-2/h13-15H,5-12H2,1-4H3. The largest absolute Gasteiger partial charge is 0.311 e. The summed E-state index contributed by atoms with van der Waals surface area (Å²) in [5.74, 6) is 0. The van der Waals surface area contributed by atoms with Gasteiger partial charge in [-0.25, -0.2) is 0 Å². The summed E-state index contributed by atoms with van der Waals surface area (Å²) >= 11 is 0. The Bertz CT molecular complexity index is 123. The summed E-state index contributed by atoms with van der Waals surface area (Å²) in [6, 6.07) is 1.52. The van der Waals surface area contributed by atoms with Crippen molar-refractivity contribution >= 4 is 0 Å². The first kappa shape index (κ1) is 15.0. The minimum absolute atomic E-state index is 0.753. The van der Waals surface area contributed by atoms with Crippen LogP contribution in [0.4, 0.5) is 0 Å². The van der Waals surface area contributed by atoms with Crippen LogP contribution in [-0.4, -0.2) is 12.1 Å². The number of rotatable bonds is 10. The molecule has 0 bridgehead atoms. The Hall–Kier alpha value is -0.0400. The minimum atomic E-state index is 0.753. The lowest BCUT2D eigenvalue weighted by molar-refractivity contribution is 0.357. The lowest BCUT2D eigenvalue weighted by Crippen LogP contribution is -2.37. The smallest absolute Gasteiger partial charge is 0.00695 e. The molecule has 0 saturated heterocycles. The summed E-state index contributed by atoms with van der Waals surface area (Å²) < 4.78 is 0. The molecule has 0 aliphatic carbocycles. The first-order valence-corrected chi connectivity index (χ1v) is 7.04. The second-order valence-electron chi connectivity index (χ2n) is 4.69. The highest BCUT2D eigenvalue weighted by atomic mass is 14.9. The molecule has 0 rings (SSSR count). The van der Waals surface area contributed by atoms with Gasteiger partial charge in [-0.3, -0.25) is 0 Å². The van der Waals surface area contributed by atoms with Gasteiger partial charge in [0.1, 0.15) is 0 Å². The van der Waals surface area contributed by atoms with Gasteiger partial charge in [-0.2, -0.15) is 0 Å². The molecule has 15 heavy (non-hydrogen) atoms. The number of nitrogens with one attached hydrogen (secondary N) is 1. The van der Waals surface area contributed by atoms with Crippen LogP contribution in [0.15, 0.2) is 0 Å². The lowest BCUT2D eigenvalue weighted by Gasteiger charge is -2.24. The molecule has 0 spiro atoms. The Morgan fingerprint density at radius 2 is 1.33 bits per heavy atom. The average Bonchev–Trinajstić information content (AvgIpc) is 2.25. The molecule has 0 aliphatic rings. The van der Waals surface area contributed by atoms with Crippen LogP contribution in [0.3, 0.4) is 0 Å². The van der Waals surface area contributed by atoms with Gasteiger partial charge in [0.2, 0.25) is 0 Å². The van der Waals surface area contributed by atoms with E-state index in [-0.39, 0.29) is 0 Å². The average molecular weight is 213 g/mol. The van der Waals surface area contributed by atoms with Gasteiger partial charge in [-0.1, -0.05) is 53.4 Å². The van der Waals surface area contributed by atoms with E-state index in [1.807, 2.05) is 0 Å². The normalized spacial score (nSPS) is 15.2. The van der Waals surface area contributed by atoms with Crippen LogP contribution in [-0.2, 0) is 0 Å². The van der Waals surface area contributed by atoms with Crippen molar-refractivity contribution in [2.75, 3.05) is 0 Å². The monoisotopic (exact) mass is 213 g/mol. The molecule has 2 unspecified atom stereocenters. The van der Waals surface area contributed by atoms with Gasteiger partial charge in [0, 0.05) is 12.1 Å². The van der Waals surface area contributed by atoms with E-state index in [2.05, 4.69) is 33.0 Å². The quantitative estimate of drug-likeness (QED) is 0.563. The molecule has 0 amide bonds. The van der Waals surface area contributed by atoms with Crippen LogP contribution in [0.5, 0.6) is 0 Å². The highest BCUT2D eigenvalue weighted by Crippen LogP contribution is 2.10. The molecule has 1 nitrogen and oxygen atoms in total. The Labute approximate surface area is 97.0 Å².